The predicted molar refractivity (Wildman–Crippen MR) is 89.7 cm³/mol. The number of nitrogens with one attached hydrogen (secondary N) is 1. The van der Waals surface area contributed by atoms with Gasteiger partial charge < -0.3 is 15.0 Å². The zero-order chi connectivity index (χ0) is 19.6. The molecule has 1 amide bonds. The van der Waals surface area contributed by atoms with Crippen molar-refractivity contribution in [3.63, 3.8) is 0 Å². The molecule has 2 aliphatic rings. The molecule has 10 heteroatoms. The van der Waals surface area contributed by atoms with Crippen molar-refractivity contribution in [1.82, 2.24) is 10.2 Å². The van der Waals surface area contributed by atoms with Gasteiger partial charge in [-0.3, -0.25) is 14.9 Å². The van der Waals surface area contributed by atoms with Gasteiger partial charge in [-0.15, -0.1) is 0 Å². The number of ether oxygens (including phenoxy) is 1. The zero-order valence-electron chi connectivity index (χ0n) is 14.5. The fourth-order valence-electron chi connectivity index (χ4n) is 3.24. The van der Waals surface area contributed by atoms with Gasteiger partial charge in [-0.05, 0) is 43.9 Å². The molecule has 1 saturated heterocycles. The molecular weight excluding hydrogens is 367 g/mol. The van der Waals surface area contributed by atoms with E-state index in [1.54, 1.807) is 0 Å². The number of amides is 1. The minimum atomic E-state index is -4.54. The van der Waals surface area contributed by atoms with Crippen molar-refractivity contribution in [2.75, 3.05) is 26.2 Å². The minimum Gasteiger partial charge on any atom is -0.484 e. The molecule has 1 unspecified atom stereocenters. The second-order valence-corrected chi connectivity index (χ2v) is 6.93. The quantitative estimate of drug-likeness (QED) is 0.575. The summed E-state index contributed by atoms with van der Waals surface area (Å²) in [5.74, 6) is -0.675. The first-order valence-corrected chi connectivity index (χ1v) is 8.73. The summed E-state index contributed by atoms with van der Waals surface area (Å²) in [6.45, 7) is 0.686. The van der Waals surface area contributed by atoms with E-state index in [0.29, 0.717) is 12.6 Å². The van der Waals surface area contributed by atoms with Gasteiger partial charge in [0, 0.05) is 25.2 Å². The van der Waals surface area contributed by atoms with Gasteiger partial charge in [-0.25, -0.2) is 0 Å². The first-order chi connectivity index (χ1) is 12.7. The smallest absolute Gasteiger partial charge is 0.422 e. The van der Waals surface area contributed by atoms with Crippen molar-refractivity contribution in [1.29, 1.82) is 0 Å². The number of hydrogen-bond acceptors (Lipinski definition) is 5. The Morgan fingerprint density at radius 3 is 2.70 bits per heavy atom. The average molecular weight is 387 g/mol. The molecule has 1 saturated carbocycles. The molecule has 3 rings (SSSR count). The molecule has 2 fully saturated rings. The Morgan fingerprint density at radius 1 is 1.33 bits per heavy atom. The summed E-state index contributed by atoms with van der Waals surface area (Å²) in [4.78, 5) is 25.2. The summed E-state index contributed by atoms with van der Waals surface area (Å²) in [7, 11) is 0. The third-order valence-electron chi connectivity index (χ3n) is 4.74. The maximum absolute atomic E-state index is 12.4. The molecule has 1 aromatic carbocycles. The molecule has 7 nitrogen and oxygen atoms in total. The number of alkyl halides is 3. The molecule has 1 heterocycles. The Kier molecular flexibility index (Phi) is 5.54. The van der Waals surface area contributed by atoms with E-state index in [4.69, 9.17) is 0 Å². The molecule has 0 bridgehead atoms. The van der Waals surface area contributed by atoms with Crippen LogP contribution in [0.2, 0.25) is 0 Å². The number of rotatable bonds is 7. The van der Waals surface area contributed by atoms with E-state index in [0.717, 1.165) is 37.7 Å². The van der Waals surface area contributed by atoms with Crippen LogP contribution in [0, 0.1) is 16.0 Å². The standard InChI is InChI=1S/C17H20F3N3O4/c18-17(19,20)10-27-13-3-4-15(23(25)26)14(7-13)16(24)21-8-11-5-6-22(9-11)12-1-2-12/h3-4,7,11-12H,1-2,5-6,8-10H2,(H,21,24). The largest absolute Gasteiger partial charge is 0.484 e. The summed E-state index contributed by atoms with van der Waals surface area (Å²) in [5.41, 5.74) is -0.783. The lowest BCUT2D eigenvalue weighted by Crippen LogP contribution is -2.31. The van der Waals surface area contributed by atoms with Crippen molar-refractivity contribution < 1.29 is 27.6 Å². The molecule has 27 heavy (non-hydrogen) atoms. The lowest BCUT2D eigenvalue weighted by molar-refractivity contribution is -0.385. The van der Waals surface area contributed by atoms with Gasteiger partial charge in [-0.1, -0.05) is 0 Å². The van der Waals surface area contributed by atoms with Crippen LogP contribution in [-0.2, 0) is 0 Å². The third-order valence-corrected chi connectivity index (χ3v) is 4.74. The van der Waals surface area contributed by atoms with Crippen molar-refractivity contribution in [3.8, 4) is 5.75 Å². The second-order valence-electron chi connectivity index (χ2n) is 6.93. The Morgan fingerprint density at radius 2 is 2.07 bits per heavy atom. The fraction of sp³-hybridized carbons (Fsp3) is 0.588. The molecule has 0 radical (unpaired) electrons. The Labute approximate surface area is 153 Å². The number of carbonyl (C=O) groups is 1. The van der Waals surface area contributed by atoms with Crippen LogP contribution in [0.4, 0.5) is 18.9 Å². The van der Waals surface area contributed by atoms with Gasteiger partial charge in [0.05, 0.1) is 4.92 Å². The van der Waals surface area contributed by atoms with Gasteiger partial charge in [0.2, 0.25) is 0 Å². The lowest BCUT2D eigenvalue weighted by Gasteiger charge is -2.15. The summed E-state index contributed by atoms with van der Waals surface area (Å²) < 4.78 is 41.4. The van der Waals surface area contributed by atoms with E-state index in [2.05, 4.69) is 15.0 Å². The van der Waals surface area contributed by atoms with E-state index in [1.807, 2.05) is 0 Å². The van der Waals surface area contributed by atoms with Gasteiger partial charge >= 0.3 is 6.18 Å². The zero-order valence-corrected chi connectivity index (χ0v) is 14.5. The molecule has 1 aliphatic carbocycles. The Bertz CT molecular complexity index is 722. The molecule has 1 aromatic rings. The Hall–Kier alpha value is -2.36. The van der Waals surface area contributed by atoms with Crippen molar-refractivity contribution in [3.05, 3.63) is 33.9 Å². The molecular formula is C17H20F3N3O4. The predicted octanol–water partition coefficient (Wildman–Crippen LogP) is 2.75. The number of nitro benzene ring substituents is 1. The van der Waals surface area contributed by atoms with E-state index in [-0.39, 0.29) is 17.2 Å². The maximum atomic E-state index is 12.4. The highest BCUT2D eigenvalue weighted by Crippen LogP contribution is 2.31. The molecule has 1 atom stereocenters. The lowest BCUT2D eigenvalue weighted by atomic mass is 10.1. The van der Waals surface area contributed by atoms with Crippen LogP contribution in [-0.4, -0.2) is 54.2 Å². The highest BCUT2D eigenvalue weighted by atomic mass is 19.4. The van der Waals surface area contributed by atoms with Crippen LogP contribution in [0.15, 0.2) is 18.2 Å². The summed E-state index contributed by atoms with van der Waals surface area (Å²) in [6.07, 6.45) is -1.19. The van der Waals surface area contributed by atoms with Crippen molar-refractivity contribution in [2.45, 2.75) is 31.5 Å². The maximum Gasteiger partial charge on any atom is 0.422 e. The first kappa shape index (κ1) is 19.4. The number of benzene rings is 1. The number of halogens is 3. The van der Waals surface area contributed by atoms with E-state index >= 15 is 0 Å². The summed E-state index contributed by atoms with van der Waals surface area (Å²) in [6, 6.07) is 3.65. The van der Waals surface area contributed by atoms with Crippen LogP contribution in [0.5, 0.6) is 5.75 Å². The van der Waals surface area contributed by atoms with Crippen LogP contribution >= 0.6 is 0 Å². The van der Waals surface area contributed by atoms with Crippen LogP contribution in [0.1, 0.15) is 29.6 Å². The highest BCUT2D eigenvalue weighted by Gasteiger charge is 2.34. The number of nitrogens with zero attached hydrogens (tertiary/aromatic N) is 2. The third kappa shape index (κ3) is 5.31. The highest BCUT2D eigenvalue weighted by molar-refractivity contribution is 5.98. The Balaban J connectivity index is 1.63. The van der Waals surface area contributed by atoms with E-state index in [9.17, 15) is 28.1 Å². The summed E-state index contributed by atoms with van der Waals surface area (Å²) in [5, 5.41) is 13.8. The fourth-order valence-corrected chi connectivity index (χ4v) is 3.24. The molecule has 1 aliphatic heterocycles. The van der Waals surface area contributed by atoms with Crippen molar-refractivity contribution >= 4 is 11.6 Å². The van der Waals surface area contributed by atoms with Crippen LogP contribution in [0.3, 0.4) is 0 Å². The normalized spacial score (nSPS) is 20.5. The number of nitro groups is 1. The minimum absolute atomic E-state index is 0.246. The van der Waals surface area contributed by atoms with Gasteiger partial charge in [0.25, 0.3) is 11.6 Å². The number of hydrogen-bond donors (Lipinski definition) is 1. The first-order valence-electron chi connectivity index (χ1n) is 8.73. The van der Waals surface area contributed by atoms with Crippen molar-refractivity contribution in [2.24, 2.45) is 5.92 Å². The molecule has 148 valence electrons. The van der Waals surface area contributed by atoms with Crippen LogP contribution < -0.4 is 10.1 Å². The number of carbonyl (C=O) groups excluding carboxylic acids is 1. The average Bonchev–Trinajstić information content (AvgIpc) is 3.35. The van der Waals surface area contributed by atoms with Gasteiger partial charge in [0.1, 0.15) is 11.3 Å². The molecule has 1 N–H and O–H groups in total. The monoisotopic (exact) mass is 387 g/mol. The van der Waals surface area contributed by atoms with E-state index in [1.165, 1.54) is 12.8 Å². The topological polar surface area (TPSA) is 84.7 Å². The molecule has 0 aromatic heterocycles. The van der Waals surface area contributed by atoms with Gasteiger partial charge in [-0.2, -0.15) is 13.2 Å². The SMILES string of the molecule is O=C(NCC1CCN(C2CC2)C1)c1cc(OCC(F)(F)F)ccc1[N+](=O)[O-]. The van der Waals surface area contributed by atoms with E-state index < -0.39 is 29.3 Å². The second kappa shape index (κ2) is 7.71. The van der Waals surface area contributed by atoms with Gasteiger partial charge in [0.15, 0.2) is 6.61 Å². The number of likely N-dealkylation sites (tertiary alicyclic amines) is 1. The summed E-state index contributed by atoms with van der Waals surface area (Å²) >= 11 is 0. The molecule has 0 spiro atoms. The van der Waals surface area contributed by atoms with Crippen LogP contribution in [0.25, 0.3) is 0 Å².